The third kappa shape index (κ3) is 2.47. The van der Waals surface area contributed by atoms with Gasteiger partial charge in [-0.05, 0) is 31.6 Å². The van der Waals surface area contributed by atoms with Crippen LogP contribution in [0.1, 0.15) is 25.7 Å². The van der Waals surface area contributed by atoms with Gasteiger partial charge < -0.3 is 9.84 Å². The predicted octanol–water partition coefficient (Wildman–Crippen LogP) is 0.868. The number of methoxy groups -OCH3 is 1. The van der Waals surface area contributed by atoms with E-state index in [1.807, 2.05) is 0 Å². The van der Waals surface area contributed by atoms with E-state index in [1.54, 1.807) is 7.11 Å². The first-order valence-corrected chi connectivity index (χ1v) is 5.71. The summed E-state index contributed by atoms with van der Waals surface area (Å²) in [5, 5.41) is 9.38. The van der Waals surface area contributed by atoms with E-state index in [2.05, 4.69) is 4.90 Å². The molecule has 0 bridgehead atoms. The summed E-state index contributed by atoms with van der Waals surface area (Å²) < 4.78 is 5.24. The van der Waals surface area contributed by atoms with E-state index in [4.69, 9.17) is 4.74 Å². The molecule has 0 spiro atoms. The highest BCUT2D eigenvalue weighted by atomic mass is 16.5. The molecule has 0 aromatic heterocycles. The lowest BCUT2D eigenvalue weighted by atomic mass is 9.86. The molecule has 1 saturated heterocycles. The van der Waals surface area contributed by atoms with E-state index >= 15 is 0 Å². The Morgan fingerprint density at radius 3 is 2.43 bits per heavy atom. The number of ether oxygens (including phenoxy) is 1. The van der Waals surface area contributed by atoms with Crippen LogP contribution in [0.2, 0.25) is 0 Å². The molecule has 0 amide bonds. The summed E-state index contributed by atoms with van der Waals surface area (Å²) in [5.74, 6) is 0.816. The van der Waals surface area contributed by atoms with Gasteiger partial charge in [-0.1, -0.05) is 0 Å². The zero-order chi connectivity index (χ0) is 9.97. The zero-order valence-electron chi connectivity index (χ0n) is 8.98. The number of rotatable bonds is 3. The number of aliphatic hydroxyl groups excluding tert-OH is 1. The second-order valence-corrected chi connectivity index (χ2v) is 4.75. The fourth-order valence-corrected chi connectivity index (χ4v) is 2.51. The topological polar surface area (TPSA) is 32.7 Å². The maximum Gasteiger partial charge on any atom is 0.0824 e. The van der Waals surface area contributed by atoms with Crippen LogP contribution in [0.15, 0.2) is 0 Å². The van der Waals surface area contributed by atoms with Gasteiger partial charge in [0.2, 0.25) is 0 Å². The molecule has 3 nitrogen and oxygen atoms in total. The average Bonchev–Trinajstić information content (AvgIpc) is 2.13. The molecule has 0 atom stereocenters. The molecule has 0 aromatic carbocycles. The molecule has 0 radical (unpaired) electrons. The smallest absolute Gasteiger partial charge is 0.0824 e. The van der Waals surface area contributed by atoms with Gasteiger partial charge in [-0.25, -0.2) is 0 Å². The fourth-order valence-electron chi connectivity index (χ4n) is 2.51. The summed E-state index contributed by atoms with van der Waals surface area (Å²) in [6.07, 6.45) is 4.88. The Bertz CT molecular complexity index is 172. The molecule has 2 rings (SSSR count). The molecule has 2 fully saturated rings. The van der Waals surface area contributed by atoms with Crippen LogP contribution in [0.3, 0.4) is 0 Å². The number of nitrogens with zero attached hydrogens (tertiary/aromatic N) is 1. The van der Waals surface area contributed by atoms with Gasteiger partial charge in [0, 0.05) is 26.7 Å². The van der Waals surface area contributed by atoms with Gasteiger partial charge in [0.05, 0.1) is 12.2 Å². The summed E-state index contributed by atoms with van der Waals surface area (Å²) in [5.41, 5.74) is 0. The molecular weight excluding hydrogens is 178 g/mol. The SMILES string of the molecule is COC1CN(CC2CCC(O)CC2)C1. The Hall–Kier alpha value is -0.120. The normalized spacial score (nSPS) is 35.6. The summed E-state index contributed by atoms with van der Waals surface area (Å²) in [4.78, 5) is 2.47. The largest absolute Gasteiger partial charge is 0.393 e. The van der Waals surface area contributed by atoms with Crippen LogP contribution in [0.5, 0.6) is 0 Å². The second kappa shape index (κ2) is 4.60. The van der Waals surface area contributed by atoms with Crippen molar-refractivity contribution in [1.29, 1.82) is 0 Å². The molecule has 14 heavy (non-hydrogen) atoms. The first kappa shape index (κ1) is 10.4. The van der Waals surface area contributed by atoms with Crippen molar-refractivity contribution >= 4 is 0 Å². The van der Waals surface area contributed by atoms with Gasteiger partial charge in [0.15, 0.2) is 0 Å². The van der Waals surface area contributed by atoms with Crippen molar-refractivity contribution in [3.63, 3.8) is 0 Å². The van der Waals surface area contributed by atoms with Crippen molar-refractivity contribution in [2.45, 2.75) is 37.9 Å². The lowest BCUT2D eigenvalue weighted by Crippen LogP contribution is -2.53. The lowest BCUT2D eigenvalue weighted by molar-refractivity contribution is -0.0403. The van der Waals surface area contributed by atoms with Crippen molar-refractivity contribution < 1.29 is 9.84 Å². The molecule has 3 heteroatoms. The van der Waals surface area contributed by atoms with E-state index < -0.39 is 0 Å². The predicted molar refractivity (Wildman–Crippen MR) is 55.2 cm³/mol. The van der Waals surface area contributed by atoms with Crippen LogP contribution in [0.4, 0.5) is 0 Å². The van der Waals surface area contributed by atoms with Gasteiger partial charge in [0.1, 0.15) is 0 Å². The van der Waals surface area contributed by atoms with Gasteiger partial charge in [-0.3, -0.25) is 4.90 Å². The van der Waals surface area contributed by atoms with Crippen molar-refractivity contribution in [2.75, 3.05) is 26.7 Å². The molecule has 1 N–H and O–H groups in total. The summed E-state index contributed by atoms with van der Waals surface area (Å²) in [6.45, 7) is 3.43. The van der Waals surface area contributed by atoms with Crippen LogP contribution in [0.25, 0.3) is 0 Å². The van der Waals surface area contributed by atoms with Crippen molar-refractivity contribution in [1.82, 2.24) is 4.90 Å². The number of aliphatic hydroxyl groups is 1. The summed E-state index contributed by atoms with van der Waals surface area (Å²) in [7, 11) is 1.79. The molecule has 0 aromatic rings. The Labute approximate surface area is 86.0 Å². The van der Waals surface area contributed by atoms with Crippen LogP contribution >= 0.6 is 0 Å². The van der Waals surface area contributed by atoms with Crippen molar-refractivity contribution in [3.05, 3.63) is 0 Å². The molecule has 1 saturated carbocycles. The molecule has 1 aliphatic heterocycles. The van der Waals surface area contributed by atoms with Crippen LogP contribution < -0.4 is 0 Å². The number of hydrogen-bond donors (Lipinski definition) is 1. The third-order valence-electron chi connectivity index (χ3n) is 3.59. The van der Waals surface area contributed by atoms with E-state index in [-0.39, 0.29) is 6.10 Å². The van der Waals surface area contributed by atoms with Crippen molar-refractivity contribution in [2.24, 2.45) is 5.92 Å². The molecule has 2 aliphatic rings. The first-order chi connectivity index (χ1) is 6.78. The lowest BCUT2D eigenvalue weighted by Gasteiger charge is -2.41. The average molecular weight is 199 g/mol. The zero-order valence-corrected chi connectivity index (χ0v) is 8.98. The Morgan fingerprint density at radius 2 is 1.86 bits per heavy atom. The van der Waals surface area contributed by atoms with Gasteiger partial charge >= 0.3 is 0 Å². The monoisotopic (exact) mass is 199 g/mol. The Balaban J connectivity index is 1.62. The maximum atomic E-state index is 9.38. The highest BCUT2D eigenvalue weighted by molar-refractivity contribution is 4.83. The molecule has 0 unspecified atom stereocenters. The summed E-state index contributed by atoms with van der Waals surface area (Å²) in [6, 6.07) is 0. The maximum absolute atomic E-state index is 9.38. The molecular formula is C11H21NO2. The van der Waals surface area contributed by atoms with E-state index in [1.165, 1.54) is 19.4 Å². The van der Waals surface area contributed by atoms with E-state index in [9.17, 15) is 5.11 Å². The minimum atomic E-state index is -0.0191. The first-order valence-electron chi connectivity index (χ1n) is 5.71. The van der Waals surface area contributed by atoms with Gasteiger partial charge in [-0.2, -0.15) is 0 Å². The number of likely N-dealkylation sites (tertiary alicyclic amines) is 1. The van der Waals surface area contributed by atoms with Crippen LogP contribution in [-0.2, 0) is 4.74 Å². The second-order valence-electron chi connectivity index (χ2n) is 4.75. The minimum Gasteiger partial charge on any atom is -0.393 e. The van der Waals surface area contributed by atoms with Gasteiger partial charge in [0.25, 0.3) is 0 Å². The number of hydrogen-bond acceptors (Lipinski definition) is 3. The van der Waals surface area contributed by atoms with E-state index in [0.717, 1.165) is 31.8 Å². The molecule has 82 valence electrons. The molecule has 1 heterocycles. The van der Waals surface area contributed by atoms with Crippen LogP contribution in [-0.4, -0.2) is 49.0 Å². The quantitative estimate of drug-likeness (QED) is 0.732. The highest BCUT2D eigenvalue weighted by Gasteiger charge is 2.29. The fraction of sp³-hybridized carbons (Fsp3) is 1.00. The highest BCUT2D eigenvalue weighted by Crippen LogP contribution is 2.26. The standard InChI is InChI=1S/C11H21NO2/c1-14-11-7-12(8-11)6-9-2-4-10(13)5-3-9/h9-11,13H,2-8H2,1H3. The van der Waals surface area contributed by atoms with Crippen LogP contribution in [0, 0.1) is 5.92 Å². The van der Waals surface area contributed by atoms with E-state index in [0.29, 0.717) is 6.10 Å². The van der Waals surface area contributed by atoms with Gasteiger partial charge in [-0.15, -0.1) is 0 Å². The third-order valence-corrected chi connectivity index (χ3v) is 3.59. The Morgan fingerprint density at radius 1 is 1.21 bits per heavy atom. The molecule has 1 aliphatic carbocycles. The summed E-state index contributed by atoms with van der Waals surface area (Å²) >= 11 is 0. The van der Waals surface area contributed by atoms with Crippen molar-refractivity contribution in [3.8, 4) is 0 Å². The Kier molecular flexibility index (Phi) is 3.42. The minimum absolute atomic E-state index is 0.0191.